The molecule has 2 aromatic rings. The minimum Gasteiger partial charge on any atom is -0.339 e. The number of rotatable bonds is 5. The molecule has 29 heavy (non-hydrogen) atoms. The molecular formula is C23H30N2O3S. The zero-order valence-electron chi connectivity index (χ0n) is 17.7. The van der Waals surface area contributed by atoms with E-state index in [0.717, 1.165) is 36.8 Å². The summed E-state index contributed by atoms with van der Waals surface area (Å²) in [6.45, 7) is 5.53. The third-order valence-corrected chi connectivity index (χ3v) is 7.31. The molecule has 0 radical (unpaired) electrons. The molecule has 0 spiro atoms. The largest absolute Gasteiger partial charge is 0.339 e. The van der Waals surface area contributed by atoms with Crippen molar-refractivity contribution in [2.24, 2.45) is 0 Å². The summed E-state index contributed by atoms with van der Waals surface area (Å²) in [6, 6.07) is 10.8. The zero-order valence-corrected chi connectivity index (χ0v) is 18.5. The van der Waals surface area contributed by atoms with Gasteiger partial charge < -0.3 is 4.90 Å². The molecule has 2 aromatic carbocycles. The number of hydrogen-bond donors (Lipinski definition) is 1. The predicted octanol–water partition coefficient (Wildman–Crippen LogP) is 4.82. The van der Waals surface area contributed by atoms with Crippen molar-refractivity contribution >= 4 is 21.6 Å². The van der Waals surface area contributed by atoms with E-state index in [1.807, 2.05) is 39.1 Å². The Labute approximate surface area is 174 Å². The average molecular weight is 415 g/mol. The average Bonchev–Trinajstić information content (AvgIpc) is 2.70. The van der Waals surface area contributed by atoms with E-state index in [2.05, 4.69) is 4.72 Å². The van der Waals surface area contributed by atoms with Gasteiger partial charge in [-0.1, -0.05) is 37.5 Å². The van der Waals surface area contributed by atoms with Crippen molar-refractivity contribution < 1.29 is 13.2 Å². The summed E-state index contributed by atoms with van der Waals surface area (Å²) in [4.78, 5) is 14.9. The zero-order chi connectivity index (χ0) is 21.2. The quantitative estimate of drug-likeness (QED) is 0.763. The van der Waals surface area contributed by atoms with Crippen LogP contribution in [0.2, 0.25) is 0 Å². The van der Waals surface area contributed by atoms with Gasteiger partial charge in [0.15, 0.2) is 0 Å². The first-order valence-corrected chi connectivity index (χ1v) is 11.7. The van der Waals surface area contributed by atoms with E-state index in [4.69, 9.17) is 0 Å². The second-order valence-electron chi connectivity index (χ2n) is 8.11. The molecule has 0 aromatic heterocycles. The first-order valence-electron chi connectivity index (χ1n) is 10.2. The lowest BCUT2D eigenvalue weighted by molar-refractivity contribution is 0.0696. The van der Waals surface area contributed by atoms with Crippen LogP contribution in [0.15, 0.2) is 41.3 Å². The number of hydrogen-bond acceptors (Lipinski definition) is 3. The van der Waals surface area contributed by atoms with Crippen molar-refractivity contribution in [2.45, 2.75) is 63.8 Å². The normalized spacial score (nSPS) is 15.2. The molecule has 6 heteroatoms. The van der Waals surface area contributed by atoms with E-state index in [-0.39, 0.29) is 16.8 Å². The summed E-state index contributed by atoms with van der Waals surface area (Å²) >= 11 is 0. The van der Waals surface area contributed by atoms with Crippen LogP contribution in [0, 0.1) is 20.8 Å². The van der Waals surface area contributed by atoms with Crippen molar-refractivity contribution in [1.82, 2.24) is 4.90 Å². The Morgan fingerprint density at radius 3 is 2.31 bits per heavy atom. The second-order valence-corrected chi connectivity index (χ2v) is 9.76. The van der Waals surface area contributed by atoms with Crippen LogP contribution in [0.25, 0.3) is 0 Å². The number of nitrogens with zero attached hydrogens (tertiary/aromatic N) is 1. The third-order valence-electron chi connectivity index (χ3n) is 5.80. The molecule has 1 aliphatic carbocycles. The van der Waals surface area contributed by atoms with Crippen LogP contribution in [0.5, 0.6) is 0 Å². The van der Waals surface area contributed by atoms with Crippen LogP contribution in [0.1, 0.15) is 59.2 Å². The van der Waals surface area contributed by atoms with Gasteiger partial charge in [0.05, 0.1) is 10.6 Å². The van der Waals surface area contributed by atoms with E-state index in [0.29, 0.717) is 16.8 Å². The van der Waals surface area contributed by atoms with E-state index in [9.17, 15) is 13.2 Å². The van der Waals surface area contributed by atoms with Gasteiger partial charge in [-0.2, -0.15) is 0 Å². The summed E-state index contributed by atoms with van der Waals surface area (Å²) in [5, 5.41) is 0. The Morgan fingerprint density at radius 1 is 0.966 bits per heavy atom. The van der Waals surface area contributed by atoms with Gasteiger partial charge >= 0.3 is 0 Å². The lowest BCUT2D eigenvalue weighted by atomic mass is 9.94. The molecular weight excluding hydrogens is 384 g/mol. The number of amides is 1. The minimum atomic E-state index is -3.81. The van der Waals surface area contributed by atoms with Crippen molar-refractivity contribution in [1.29, 1.82) is 0 Å². The molecule has 0 unspecified atom stereocenters. The van der Waals surface area contributed by atoms with Gasteiger partial charge in [-0.3, -0.25) is 9.52 Å². The van der Waals surface area contributed by atoms with Crippen LogP contribution >= 0.6 is 0 Å². The molecule has 0 aliphatic heterocycles. The molecule has 0 saturated heterocycles. The first-order chi connectivity index (χ1) is 13.7. The molecule has 0 bridgehead atoms. The minimum absolute atomic E-state index is 0.125. The van der Waals surface area contributed by atoms with E-state index < -0.39 is 10.0 Å². The number of benzene rings is 2. The fourth-order valence-corrected chi connectivity index (χ4v) is 5.30. The fourth-order valence-electron chi connectivity index (χ4n) is 3.91. The van der Waals surface area contributed by atoms with Crippen LogP contribution < -0.4 is 4.72 Å². The van der Waals surface area contributed by atoms with E-state index in [1.54, 1.807) is 24.0 Å². The molecule has 156 valence electrons. The maximum Gasteiger partial charge on any atom is 0.262 e. The summed E-state index contributed by atoms with van der Waals surface area (Å²) in [5.41, 5.74) is 3.40. The smallest absolute Gasteiger partial charge is 0.262 e. The summed E-state index contributed by atoms with van der Waals surface area (Å²) in [7, 11) is -1.99. The van der Waals surface area contributed by atoms with Gasteiger partial charge in [-0.15, -0.1) is 0 Å². The number of carbonyl (C=O) groups excluding carboxylic acids is 1. The number of aryl methyl sites for hydroxylation is 3. The molecule has 0 heterocycles. The van der Waals surface area contributed by atoms with Gasteiger partial charge in [-0.25, -0.2) is 8.42 Å². The molecule has 1 N–H and O–H groups in total. The van der Waals surface area contributed by atoms with Crippen molar-refractivity contribution in [3.05, 3.63) is 58.7 Å². The van der Waals surface area contributed by atoms with Crippen molar-refractivity contribution in [3.63, 3.8) is 0 Å². The highest BCUT2D eigenvalue weighted by Crippen LogP contribution is 2.26. The highest BCUT2D eigenvalue weighted by Gasteiger charge is 2.25. The van der Waals surface area contributed by atoms with E-state index in [1.165, 1.54) is 12.5 Å². The molecule has 0 atom stereocenters. The Hall–Kier alpha value is -2.34. The monoisotopic (exact) mass is 414 g/mol. The topological polar surface area (TPSA) is 66.5 Å². The van der Waals surface area contributed by atoms with Gasteiger partial charge in [0.2, 0.25) is 0 Å². The Morgan fingerprint density at radius 2 is 1.62 bits per heavy atom. The first kappa shape index (κ1) is 21.4. The Kier molecular flexibility index (Phi) is 6.32. The Bertz CT molecular complexity index is 1010. The summed E-state index contributed by atoms with van der Waals surface area (Å²) < 4.78 is 28.9. The highest BCUT2D eigenvalue weighted by molar-refractivity contribution is 7.92. The maximum atomic E-state index is 13.1. The number of carbonyl (C=O) groups is 1. The summed E-state index contributed by atoms with van der Waals surface area (Å²) in [6.07, 6.45) is 5.50. The standard InChI is InChI=1S/C23H30N2O3S/c1-16-10-11-17(2)21(14-16)24-29(27,28)22-15-19(13-12-18(22)3)23(26)25(4)20-8-6-5-7-9-20/h10-15,20,24H,5-9H2,1-4H3. The van der Waals surface area contributed by atoms with Gasteiger partial charge in [-0.05, 0) is 68.5 Å². The Balaban J connectivity index is 1.89. The number of anilines is 1. The van der Waals surface area contributed by atoms with Gasteiger partial charge in [0.25, 0.3) is 15.9 Å². The van der Waals surface area contributed by atoms with Gasteiger partial charge in [0, 0.05) is 18.7 Å². The van der Waals surface area contributed by atoms with Gasteiger partial charge in [0.1, 0.15) is 0 Å². The van der Waals surface area contributed by atoms with Crippen molar-refractivity contribution in [3.8, 4) is 0 Å². The van der Waals surface area contributed by atoms with Crippen LogP contribution in [0.4, 0.5) is 5.69 Å². The van der Waals surface area contributed by atoms with Crippen LogP contribution in [-0.4, -0.2) is 32.3 Å². The maximum absolute atomic E-state index is 13.1. The predicted molar refractivity (Wildman–Crippen MR) is 117 cm³/mol. The SMILES string of the molecule is Cc1ccc(C)c(NS(=O)(=O)c2cc(C(=O)N(C)C3CCCCC3)ccc2C)c1. The van der Waals surface area contributed by atoms with Crippen LogP contribution in [-0.2, 0) is 10.0 Å². The number of sulfonamides is 1. The molecule has 1 fully saturated rings. The lowest BCUT2D eigenvalue weighted by Crippen LogP contribution is -2.38. The van der Waals surface area contributed by atoms with Crippen LogP contribution in [0.3, 0.4) is 0 Å². The molecule has 1 amide bonds. The fraction of sp³-hybridized carbons (Fsp3) is 0.435. The molecule has 5 nitrogen and oxygen atoms in total. The number of nitrogens with one attached hydrogen (secondary N) is 1. The lowest BCUT2D eigenvalue weighted by Gasteiger charge is -2.31. The molecule has 3 rings (SSSR count). The van der Waals surface area contributed by atoms with Crippen molar-refractivity contribution in [2.75, 3.05) is 11.8 Å². The second kappa shape index (κ2) is 8.57. The molecule has 1 saturated carbocycles. The third kappa shape index (κ3) is 4.81. The molecule has 1 aliphatic rings. The highest BCUT2D eigenvalue weighted by atomic mass is 32.2. The summed E-state index contributed by atoms with van der Waals surface area (Å²) in [5.74, 6) is -0.125. The van der Waals surface area contributed by atoms with E-state index >= 15 is 0 Å².